The summed E-state index contributed by atoms with van der Waals surface area (Å²) in [4.78, 5) is 15.0. The van der Waals surface area contributed by atoms with Gasteiger partial charge < -0.3 is 10.4 Å². The number of hydrogen-bond acceptors (Lipinski definition) is 4. The number of carboxylic acid groups (broad SMARTS) is 1. The van der Waals surface area contributed by atoms with E-state index in [1.165, 1.54) is 23.6 Å². The van der Waals surface area contributed by atoms with E-state index < -0.39 is 5.97 Å². The van der Waals surface area contributed by atoms with Crippen molar-refractivity contribution in [2.45, 2.75) is 25.4 Å². The molecule has 6 heteroatoms. The Balaban J connectivity index is 1.88. The van der Waals surface area contributed by atoms with E-state index in [-0.39, 0.29) is 5.56 Å². The fourth-order valence-electron chi connectivity index (χ4n) is 1.71. The van der Waals surface area contributed by atoms with Crippen molar-refractivity contribution in [2.75, 3.05) is 0 Å². The average molecular weight is 232 g/mol. The van der Waals surface area contributed by atoms with Crippen LogP contribution in [0.4, 0.5) is 0 Å². The van der Waals surface area contributed by atoms with Gasteiger partial charge in [0.25, 0.3) is 0 Å². The molecule has 1 saturated carbocycles. The summed E-state index contributed by atoms with van der Waals surface area (Å²) in [6.07, 6.45) is 7.30. The molecule has 0 saturated heterocycles. The number of carbonyl (C=O) groups is 1. The summed E-state index contributed by atoms with van der Waals surface area (Å²) in [7, 11) is 0. The first-order valence-corrected chi connectivity index (χ1v) is 5.53. The SMILES string of the molecule is O=C(O)c1cnn2cc(CNC3CC3)cnc12. The summed E-state index contributed by atoms with van der Waals surface area (Å²) < 4.78 is 1.51. The van der Waals surface area contributed by atoms with Crippen LogP contribution in [0.5, 0.6) is 0 Å². The van der Waals surface area contributed by atoms with Crippen LogP contribution in [0.2, 0.25) is 0 Å². The molecule has 88 valence electrons. The minimum Gasteiger partial charge on any atom is -0.477 e. The fourth-order valence-corrected chi connectivity index (χ4v) is 1.71. The van der Waals surface area contributed by atoms with Crippen LogP contribution in [0.1, 0.15) is 28.8 Å². The topological polar surface area (TPSA) is 79.5 Å². The summed E-state index contributed by atoms with van der Waals surface area (Å²) in [6.45, 7) is 0.746. The molecule has 1 aliphatic rings. The first-order chi connectivity index (χ1) is 8.24. The van der Waals surface area contributed by atoms with E-state index in [0.717, 1.165) is 12.1 Å². The van der Waals surface area contributed by atoms with Crippen LogP contribution in [-0.2, 0) is 6.54 Å². The van der Waals surface area contributed by atoms with Crippen molar-refractivity contribution >= 4 is 11.6 Å². The van der Waals surface area contributed by atoms with Crippen molar-refractivity contribution in [1.29, 1.82) is 0 Å². The standard InChI is InChI=1S/C11H12N4O2/c16-11(17)9-5-14-15-6-7(4-13-10(9)15)3-12-8-1-2-8/h4-6,8,12H,1-3H2,(H,16,17). The van der Waals surface area contributed by atoms with Crippen molar-refractivity contribution in [3.05, 3.63) is 29.7 Å². The molecule has 0 radical (unpaired) electrons. The predicted octanol–water partition coefficient (Wildman–Crippen LogP) is 0.679. The second kappa shape index (κ2) is 3.81. The van der Waals surface area contributed by atoms with E-state index in [0.29, 0.717) is 11.7 Å². The zero-order valence-corrected chi connectivity index (χ0v) is 9.13. The summed E-state index contributed by atoms with van der Waals surface area (Å²) >= 11 is 0. The first-order valence-electron chi connectivity index (χ1n) is 5.53. The molecule has 2 aromatic rings. The number of rotatable bonds is 4. The van der Waals surface area contributed by atoms with E-state index in [9.17, 15) is 4.79 Å². The summed E-state index contributed by atoms with van der Waals surface area (Å²) in [5.74, 6) is -1.00. The highest BCUT2D eigenvalue weighted by molar-refractivity contribution is 5.93. The Morgan fingerprint density at radius 1 is 1.53 bits per heavy atom. The molecule has 2 N–H and O–H groups in total. The van der Waals surface area contributed by atoms with Gasteiger partial charge >= 0.3 is 5.97 Å². The Kier molecular flexibility index (Phi) is 2.29. The molecule has 2 heterocycles. The minimum absolute atomic E-state index is 0.131. The quantitative estimate of drug-likeness (QED) is 0.810. The van der Waals surface area contributed by atoms with Crippen LogP contribution in [0.15, 0.2) is 18.6 Å². The molecule has 6 nitrogen and oxygen atoms in total. The average Bonchev–Trinajstić information content (AvgIpc) is 3.04. The second-order valence-corrected chi connectivity index (χ2v) is 4.25. The third kappa shape index (κ3) is 1.99. The zero-order chi connectivity index (χ0) is 11.8. The van der Waals surface area contributed by atoms with Crippen LogP contribution in [-0.4, -0.2) is 31.7 Å². The predicted molar refractivity (Wildman–Crippen MR) is 59.8 cm³/mol. The molecule has 0 bridgehead atoms. The van der Waals surface area contributed by atoms with Gasteiger partial charge in [-0.3, -0.25) is 0 Å². The maximum atomic E-state index is 10.9. The van der Waals surface area contributed by atoms with Gasteiger partial charge in [-0.1, -0.05) is 0 Å². The van der Waals surface area contributed by atoms with Gasteiger partial charge in [-0.25, -0.2) is 14.3 Å². The van der Waals surface area contributed by atoms with Crippen LogP contribution in [0, 0.1) is 0 Å². The number of carboxylic acids is 1. The van der Waals surface area contributed by atoms with Crippen LogP contribution >= 0.6 is 0 Å². The molecule has 0 aliphatic heterocycles. The molecule has 17 heavy (non-hydrogen) atoms. The Labute approximate surface area is 97.3 Å². The lowest BCUT2D eigenvalue weighted by Gasteiger charge is -2.03. The van der Waals surface area contributed by atoms with E-state index in [1.54, 1.807) is 6.20 Å². The largest absolute Gasteiger partial charge is 0.477 e. The summed E-state index contributed by atoms with van der Waals surface area (Å²) in [5.41, 5.74) is 1.52. The van der Waals surface area contributed by atoms with Crippen molar-refractivity contribution in [3.8, 4) is 0 Å². The Bertz CT molecular complexity index is 574. The molecule has 1 fully saturated rings. The van der Waals surface area contributed by atoms with Crippen molar-refractivity contribution < 1.29 is 9.90 Å². The van der Waals surface area contributed by atoms with Gasteiger partial charge in [-0.05, 0) is 12.8 Å². The summed E-state index contributed by atoms with van der Waals surface area (Å²) in [6, 6.07) is 0.637. The smallest absolute Gasteiger partial charge is 0.341 e. The van der Waals surface area contributed by atoms with E-state index in [4.69, 9.17) is 5.11 Å². The molecule has 1 aliphatic carbocycles. The number of hydrogen-bond donors (Lipinski definition) is 2. The van der Waals surface area contributed by atoms with E-state index in [1.807, 2.05) is 6.20 Å². The van der Waals surface area contributed by atoms with Crippen LogP contribution in [0.25, 0.3) is 5.65 Å². The van der Waals surface area contributed by atoms with Gasteiger partial charge in [0.15, 0.2) is 5.65 Å². The lowest BCUT2D eigenvalue weighted by atomic mass is 10.3. The zero-order valence-electron chi connectivity index (χ0n) is 9.13. The minimum atomic E-state index is -1.00. The van der Waals surface area contributed by atoms with Gasteiger partial charge in [0.2, 0.25) is 0 Å². The lowest BCUT2D eigenvalue weighted by Crippen LogP contribution is -2.16. The second-order valence-electron chi connectivity index (χ2n) is 4.25. The highest BCUT2D eigenvalue weighted by atomic mass is 16.4. The fraction of sp³-hybridized carbons (Fsp3) is 0.364. The van der Waals surface area contributed by atoms with Crippen LogP contribution in [0.3, 0.4) is 0 Å². The number of aromatic nitrogens is 3. The highest BCUT2D eigenvalue weighted by Gasteiger charge is 2.20. The summed E-state index contributed by atoms with van der Waals surface area (Å²) in [5, 5.41) is 16.3. The molecular weight excluding hydrogens is 220 g/mol. The first kappa shape index (κ1) is 10.2. The highest BCUT2D eigenvalue weighted by Crippen LogP contribution is 2.19. The number of aromatic carboxylic acids is 1. The Morgan fingerprint density at radius 3 is 3.06 bits per heavy atom. The Morgan fingerprint density at radius 2 is 2.35 bits per heavy atom. The van der Waals surface area contributed by atoms with Crippen molar-refractivity contribution in [3.63, 3.8) is 0 Å². The third-order valence-electron chi connectivity index (χ3n) is 2.81. The van der Waals surface area contributed by atoms with Crippen LogP contribution < -0.4 is 5.32 Å². The maximum absolute atomic E-state index is 10.9. The number of nitrogens with zero attached hydrogens (tertiary/aromatic N) is 3. The van der Waals surface area contributed by atoms with Gasteiger partial charge in [0, 0.05) is 30.5 Å². The molecule has 2 aromatic heterocycles. The molecule has 0 aromatic carbocycles. The molecule has 0 unspecified atom stereocenters. The molecule has 0 spiro atoms. The molecule has 3 rings (SSSR count). The third-order valence-corrected chi connectivity index (χ3v) is 2.81. The Hall–Kier alpha value is -1.95. The molecular formula is C11H12N4O2. The normalized spacial score (nSPS) is 15.3. The lowest BCUT2D eigenvalue weighted by molar-refractivity contribution is 0.0699. The van der Waals surface area contributed by atoms with Gasteiger partial charge in [-0.15, -0.1) is 0 Å². The van der Waals surface area contributed by atoms with Gasteiger partial charge in [-0.2, -0.15) is 5.10 Å². The number of nitrogens with one attached hydrogen (secondary N) is 1. The van der Waals surface area contributed by atoms with Crippen molar-refractivity contribution in [2.24, 2.45) is 0 Å². The van der Waals surface area contributed by atoms with Gasteiger partial charge in [0.05, 0.1) is 6.20 Å². The van der Waals surface area contributed by atoms with E-state index in [2.05, 4.69) is 15.4 Å². The van der Waals surface area contributed by atoms with Gasteiger partial charge in [0.1, 0.15) is 5.56 Å². The molecule has 0 atom stereocenters. The maximum Gasteiger partial charge on any atom is 0.341 e. The molecule has 0 amide bonds. The van der Waals surface area contributed by atoms with E-state index >= 15 is 0 Å². The van der Waals surface area contributed by atoms with Crippen molar-refractivity contribution in [1.82, 2.24) is 19.9 Å². The monoisotopic (exact) mass is 232 g/mol. The number of fused-ring (bicyclic) bond motifs is 1.